The Morgan fingerprint density at radius 3 is 2.71 bits per heavy atom. The van der Waals surface area contributed by atoms with Gasteiger partial charge in [-0.1, -0.05) is 13.8 Å². The van der Waals surface area contributed by atoms with Crippen molar-refractivity contribution in [2.24, 2.45) is 11.3 Å². The first kappa shape index (κ1) is 14.5. The van der Waals surface area contributed by atoms with Gasteiger partial charge in [0, 0.05) is 6.61 Å². The molecule has 0 bridgehead atoms. The summed E-state index contributed by atoms with van der Waals surface area (Å²) in [6.07, 6.45) is 4.97. The summed E-state index contributed by atoms with van der Waals surface area (Å²) in [7, 11) is 1.49. The molecule has 0 aromatic rings. The van der Waals surface area contributed by atoms with Gasteiger partial charge in [-0.05, 0) is 44.9 Å². The average molecular weight is 242 g/mol. The van der Waals surface area contributed by atoms with Crippen molar-refractivity contribution >= 4 is 5.97 Å². The van der Waals surface area contributed by atoms with Crippen LogP contribution >= 0.6 is 0 Å². The third-order valence-electron chi connectivity index (χ3n) is 3.83. The summed E-state index contributed by atoms with van der Waals surface area (Å²) in [5.74, 6) is 0.536. The molecule has 100 valence electrons. The summed E-state index contributed by atoms with van der Waals surface area (Å²) in [6, 6.07) is 0. The van der Waals surface area contributed by atoms with Gasteiger partial charge in [-0.2, -0.15) is 0 Å². The van der Waals surface area contributed by atoms with Gasteiger partial charge in [-0.15, -0.1) is 0 Å². The highest BCUT2D eigenvalue weighted by Gasteiger charge is 2.50. The predicted octanol–water partition coefficient (Wildman–Crippen LogP) is 3.17. The van der Waals surface area contributed by atoms with Crippen LogP contribution in [-0.4, -0.2) is 25.8 Å². The lowest BCUT2D eigenvalue weighted by molar-refractivity contribution is -0.162. The Labute approximate surface area is 105 Å². The minimum absolute atomic E-state index is 0.0544. The molecule has 3 heteroatoms. The molecule has 0 aromatic carbocycles. The van der Waals surface area contributed by atoms with E-state index in [1.54, 1.807) is 0 Å². The minimum atomic E-state index is -0.380. The fourth-order valence-corrected chi connectivity index (χ4v) is 2.86. The third-order valence-corrected chi connectivity index (χ3v) is 3.83. The van der Waals surface area contributed by atoms with Crippen LogP contribution in [0.5, 0.6) is 0 Å². The summed E-state index contributed by atoms with van der Waals surface area (Å²) in [4.78, 5) is 12.1. The molecule has 0 spiro atoms. The summed E-state index contributed by atoms with van der Waals surface area (Å²) < 4.78 is 10.8. The Bertz CT molecular complexity index is 250. The standard InChI is InChI=1S/C14H26O3/c1-5-17-12-7-6-9-14(12,13(15)16-4)10-8-11(2)3/h11-12H,5-10H2,1-4H3. The van der Waals surface area contributed by atoms with Gasteiger partial charge in [-0.25, -0.2) is 0 Å². The molecular weight excluding hydrogens is 216 g/mol. The van der Waals surface area contributed by atoms with Crippen molar-refractivity contribution < 1.29 is 14.3 Å². The fraction of sp³-hybridized carbons (Fsp3) is 0.929. The Morgan fingerprint density at radius 2 is 2.18 bits per heavy atom. The average Bonchev–Trinajstić information content (AvgIpc) is 2.70. The van der Waals surface area contributed by atoms with Crippen LogP contribution in [0.1, 0.15) is 52.9 Å². The molecule has 1 saturated carbocycles. The lowest BCUT2D eigenvalue weighted by atomic mass is 9.78. The van der Waals surface area contributed by atoms with Gasteiger partial charge in [0.1, 0.15) is 0 Å². The van der Waals surface area contributed by atoms with Crippen LogP contribution in [0.25, 0.3) is 0 Å². The lowest BCUT2D eigenvalue weighted by Gasteiger charge is -2.33. The van der Waals surface area contributed by atoms with E-state index in [0.29, 0.717) is 12.5 Å². The molecule has 0 saturated heterocycles. The van der Waals surface area contributed by atoms with E-state index in [4.69, 9.17) is 9.47 Å². The van der Waals surface area contributed by atoms with E-state index in [0.717, 1.165) is 32.1 Å². The van der Waals surface area contributed by atoms with Crippen LogP contribution < -0.4 is 0 Å². The summed E-state index contributed by atoms with van der Waals surface area (Å²) >= 11 is 0. The maximum absolute atomic E-state index is 12.1. The summed E-state index contributed by atoms with van der Waals surface area (Å²) in [5.41, 5.74) is -0.380. The van der Waals surface area contributed by atoms with Crippen molar-refractivity contribution in [2.45, 2.75) is 59.0 Å². The van der Waals surface area contributed by atoms with Crippen molar-refractivity contribution in [1.82, 2.24) is 0 Å². The second-order valence-electron chi connectivity index (χ2n) is 5.42. The van der Waals surface area contributed by atoms with E-state index >= 15 is 0 Å². The highest BCUT2D eigenvalue weighted by Crippen LogP contribution is 2.45. The van der Waals surface area contributed by atoms with Gasteiger partial charge in [0.2, 0.25) is 0 Å². The molecule has 2 atom stereocenters. The zero-order valence-electron chi connectivity index (χ0n) is 11.6. The molecule has 1 aliphatic rings. The summed E-state index contributed by atoms with van der Waals surface area (Å²) in [5, 5.41) is 0. The van der Waals surface area contributed by atoms with E-state index in [2.05, 4.69) is 13.8 Å². The molecule has 0 radical (unpaired) electrons. The molecule has 17 heavy (non-hydrogen) atoms. The van der Waals surface area contributed by atoms with Crippen molar-refractivity contribution in [3.05, 3.63) is 0 Å². The lowest BCUT2D eigenvalue weighted by Crippen LogP contribution is -2.41. The zero-order chi connectivity index (χ0) is 12.9. The van der Waals surface area contributed by atoms with E-state index in [1.807, 2.05) is 6.92 Å². The molecule has 2 unspecified atom stereocenters. The van der Waals surface area contributed by atoms with Crippen molar-refractivity contribution in [2.75, 3.05) is 13.7 Å². The van der Waals surface area contributed by atoms with E-state index in [-0.39, 0.29) is 17.5 Å². The first-order valence-electron chi connectivity index (χ1n) is 6.76. The molecule has 0 amide bonds. The Balaban J connectivity index is 2.80. The number of carbonyl (C=O) groups excluding carboxylic acids is 1. The molecule has 1 fully saturated rings. The molecule has 0 heterocycles. The highest BCUT2D eigenvalue weighted by molar-refractivity contribution is 5.78. The zero-order valence-corrected chi connectivity index (χ0v) is 11.6. The first-order chi connectivity index (χ1) is 8.06. The van der Waals surface area contributed by atoms with E-state index < -0.39 is 0 Å². The van der Waals surface area contributed by atoms with Gasteiger partial charge in [0.15, 0.2) is 0 Å². The molecule has 1 rings (SSSR count). The largest absolute Gasteiger partial charge is 0.469 e. The van der Waals surface area contributed by atoms with Crippen molar-refractivity contribution in [3.8, 4) is 0 Å². The van der Waals surface area contributed by atoms with Crippen molar-refractivity contribution in [3.63, 3.8) is 0 Å². The fourth-order valence-electron chi connectivity index (χ4n) is 2.86. The number of methoxy groups -OCH3 is 1. The molecule has 1 aliphatic carbocycles. The normalized spacial score (nSPS) is 28.6. The molecule has 0 aliphatic heterocycles. The smallest absolute Gasteiger partial charge is 0.314 e. The molecule has 0 aromatic heterocycles. The summed E-state index contributed by atoms with van der Waals surface area (Å²) in [6.45, 7) is 7.04. The van der Waals surface area contributed by atoms with Crippen LogP contribution in [0.3, 0.4) is 0 Å². The number of esters is 1. The van der Waals surface area contributed by atoms with Crippen LogP contribution in [0.2, 0.25) is 0 Å². The number of rotatable bonds is 6. The van der Waals surface area contributed by atoms with Crippen LogP contribution in [0, 0.1) is 11.3 Å². The van der Waals surface area contributed by atoms with E-state index in [1.165, 1.54) is 7.11 Å². The second-order valence-corrected chi connectivity index (χ2v) is 5.42. The molecule has 3 nitrogen and oxygen atoms in total. The first-order valence-corrected chi connectivity index (χ1v) is 6.76. The molecule has 0 N–H and O–H groups in total. The second kappa shape index (κ2) is 6.39. The number of hydrogen-bond acceptors (Lipinski definition) is 3. The van der Waals surface area contributed by atoms with Crippen LogP contribution in [0.4, 0.5) is 0 Å². The van der Waals surface area contributed by atoms with Gasteiger partial charge in [0.05, 0.1) is 18.6 Å². The highest BCUT2D eigenvalue weighted by atomic mass is 16.5. The topological polar surface area (TPSA) is 35.5 Å². The monoisotopic (exact) mass is 242 g/mol. The SMILES string of the molecule is CCOC1CCCC1(CCC(C)C)C(=O)OC. The van der Waals surface area contributed by atoms with E-state index in [9.17, 15) is 4.79 Å². The Kier molecular flexibility index (Phi) is 5.44. The maximum atomic E-state index is 12.1. The Morgan fingerprint density at radius 1 is 1.47 bits per heavy atom. The van der Waals surface area contributed by atoms with Gasteiger partial charge < -0.3 is 9.47 Å². The third kappa shape index (κ3) is 3.21. The predicted molar refractivity (Wildman–Crippen MR) is 67.8 cm³/mol. The van der Waals surface area contributed by atoms with Crippen molar-refractivity contribution in [1.29, 1.82) is 0 Å². The number of hydrogen-bond donors (Lipinski definition) is 0. The van der Waals surface area contributed by atoms with Crippen LogP contribution in [-0.2, 0) is 14.3 Å². The quantitative estimate of drug-likeness (QED) is 0.671. The number of carbonyl (C=O) groups is 1. The van der Waals surface area contributed by atoms with Gasteiger partial charge in [-0.3, -0.25) is 4.79 Å². The molecular formula is C14H26O3. The van der Waals surface area contributed by atoms with Crippen LogP contribution in [0.15, 0.2) is 0 Å². The Hall–Kier alpha value is -0.570. The van der Waals surface area contributed by atoms with Gasteiger partial charge in [0.25, 0.3) is 0 Å². The minimum Gasteiger partial charge on any atom is -0.469 e. The van der Waals surface area contributed by atoms with Gasteiger partial charge >= 0.3 is 5.97 Å². The maximum Gasteiger partial charge on any atom is 0.314 e. The number of ether oxygens (including phenoxy) is 2.